The molecule has 1 fully saturated rings. The highest BCUT2D eigenvalue weighted by Crippen LogP contribution is 2.11. The predicted octanol–water partition coefficient (Wildman–Crippen LogP) is -0.517. The first kappa shape index (κ1) is 12.9. The molecule has 0 aromatic heterocycles. The molecule has 2 atom stereocenters. The van der Waals surface area contributed by atoms with Crippen molar-refractivity contribution in [2.75, 3.05) is 25.4 Å². The Kier molecular flexibility index (Phi) is 4.55. The Morgan fingerprint density at radius 3 is 2.27 bits per heavy atom. The second-order valence-corrected chi connectivity index (χ2v) is 6.49. The normalized spacial score (nSPS) is 32.9. The first-order chi connectivity index (χ1) is 6.87. The quantitative estimate of drug-likeness (QED) is 0.667. The van der Waals surface area contributed by atoms with Gasteiger partial charge < -0.3 is 9.45 Å². The van der Waals surface area contributed by atoms with Crippen LogP contribution in [0.2, 0.25) is 0 Å². The minimum Gasteiger partial charge on any atom is -0.748 e. The topological polar surface area (TPSA) is 61.6 Å². The van der Waals surface area contributed by atoms with E-state index in [1.165, 1.54) is 11.3 Å². The molecule has 1 aliphatic rings. The molecule has 0 saturated carbocycles. The van der Waals surface area contributed by atoms with Crippen LogP contribution in [0.15, 0.2) is 0 Å². The van der Waals surface area contributed by atoms with Gasteiger partial charge in [-0.2, -0.15) is 0 Å². The lowest BCUT2D eigenvalue weighted by Gasteiger charge is -2.32. The van der Waals surface area contributed by atoms with Crippen LogP contribution in [0.3, 0.4) is 0 Å². The third-order valence-corrected chi connectivity index (χ3v) is 3.79. The smallest absolute Gasteiger partial charge is 0.0948 e. The summed E-state index contributed by atoms with van der Waals surface area (Å²) in [7, 11) is -4.02. The fraction of sp³-hybridized carbons (Fsp3) is 1.00. The zero-order valence-corrected chi connectivity index (χ0v) is 10.3. The van der Waals surface area contributed by atoms with Gasteiger partial charge in [-0.25, -0.2) is 8.42 Å². The molecule has 0 bridgehead atoms. The van der Waals surface area contributed by atoms with Crippen LogP contribution in [0.1, 0.15) is 26.7 Å². The summed E-state index contributed by atoms with van der Waals surface area (Å²) < 4.78 is 31.3. The molecule has 4 nitrogen and oxygen atoms in total. The van der Waals surface area contributed by atoms with E-state index in [-0.39, 0.29) is 5.75 Å². The minimum atomic E-state index is -4.02. The minimum absolute atomic E-state index is 0.209. The molecule has 5 heteroatoms. The molecule has 0 spiro atoms. The van der Waals surface area contributed by atoms with Gasteiger partial charge in [0.05, 0.1) is 29.8 Å². The van der Waals surface area contributed by atoms with Gasteiger partial charge in [-0.1, -0.05) is 13.8 Å². The molecule has 1 heterocycles. The van der Waals surface area contributed by atoms with Crippen molar-refractivity contribution >= 4 is 10.1 Å². The van der Waals surface area contributed by atoms with Crippen molar-refractivity contribution in [1.82, 2.24) is 0 Å². The van der Waals surface area contributed by atoms with Crippen molar-refractivity contribution in [2.45, 2.75) is 26.7 Å². The highest BCUT2D eigenvalue weighted by molar-refractivity contribution is 7.85. The zero-order chi connectivity index (χ0) is 11.5. The first-order valence-electron chi connectivity index (χ1n) is 5.64. The Hall–Kier alpha value is -0.130. The van der Waals surface area contributed by atoms with Gasteiger partial charge >= 0.3 is 0 Å². The maximum absolute atomic E-state index is 10.4. The van der Waals surface area contributed by atoms with E-state index in [2.05, 4.69) is 13.8 Å². The largest absolute Gasteiger partial charge is 0.748 e. The molecule has 0 radical (unpaired) electrons. The van der Waals surface area contributed by atoms with E-state index in [0.29, 0.717) is 18.3 Å². The van der Waals surface area contributed by atoms with Gasteiger partial charge in [-0.15, -0.1) is 0 Å². The van der Waals surface area contributed by atoms with Crippen LogP contribution < -0.4 is 4.90 Å². The average molecular weight is 235 g/mol. The standard InChI is InChI=1S/C10H21NO3S/c1-9-6-10(2)8-11(7-9)4-3-5-15(12,13)14/h9-10H,3-8H2,1-2H3,(H,12,13,14)/t9-,10-/m1/s1. The predicted molar refractivity (Wildman–Crippen MR) is 57.7 cm³/mol. The second kappa shape index (κ2) is 5.27. The Morgan fingerprint density at radius 2 is 1.80 bits per heavy atom. The van der Waals surface area contributed by atoms with Crippen LogP contribution in [-0.2, 0) is 10.1 Å². The lowest BCUT2D eigenvalue weighted by atomic mass is 9.92. The summed E-state index contributed by atoms with van der Waals surface area (Å²) in [6.45, 7) is 7.52. The van der Waals surface area contributed by atoms with Crippen LogP contribution in [0.5, 0.6) is 0 Å². The Bertz CT molecular complexity index is 279. The van der Waals surface area contributed by atoms with E-state index >= 15 is 0 Å². The maximum Gasteiger partial charge on any atom is 0.0948 e. The molecule has 1 N–H and O–H groups in total. The fourth-order valence-electron chi connectivity index (χ4n) is 2.63. The van der Waals surface area contributed by atoms with E-state index < -0.39 is 10.1 Å². The van der Waals surface area contributed by atoms with Crippen molar-refractivity contribution in [3.05, 3.63) is 0 Å². The monoisotopic (exact) mass is 235 g/mol. The van der Waals surface area contributed by atoms with Crippen molar-refractivity contribution in [3.63, 3.8) is 0 Å². The number of hydrogen-bond acceptors (Lipinski definition) is 3. The van der Waals surface area contributed by atoms with E-state index in [1.807, 2.05) is 0 Å². The first-order valence-corrected chi connectivity index (χ1v) is 7.21. The molecular formula is C10H21NO3S. The Balaban J connectivity index is 2.26. The van der Waals surface area contributed by atoms with E-state index in [9.17, 15) is 13.0 Å². The van der Waals surface area contributed by atoms with Gasteiger partial charge in [0.15, 0.2) is 0 Å². The van der Waals surface area contributed by atoms with Gasteiger partial charge in [0.1, 0.15) is 0 Å². The molecule has 1 rings (SSSR count). The molecular weight excluding hydrogens is 214 g/mol. The maximum atomic E-state index is 10.4. The molecule has 1 aliphatic heterocycles. The van der Waals surface area contributed by atoms with E-state index in [4.69, 9.17) is 0 Å². The van der Waals surface area contributed by atoms with Gasteiger partial charge in [-0.05, 0) is 6.42 Å². The molecule has 90 valence electrons. The molecule has 0 aromatic carbocycles. The third kappa shape index (κ3) is 5.49. The molecule has 0 aliphatic carbocycles. The van der Waals surface area contributed by atoms with Crippen LogP contribution >= 0.6 is 0 Å². The molecule has 0 aromatic rings. The summed E-state index contributed by atoms with van der Waals surface area (Å²) in [5.41, 5.74) is 0. The lowest BCUT2D eigenvalue weighted by molar-refractivity contribution is -0.912. The Morgan fingerprint density at radius 1 is 1.27 bits per heavy atom. The number of quaternary nitrogens is 1. The fourth-order valence-corrected chi connectivity index (χ4v) is 3.12. The van der Waals surface area contributed by atoms with Crippen LogP contribution in [0.25, 0.3) is 0 Å². The van der Waals surface area contributed by atoms with Gasteiger partial charge in [-0.3, -0.25) is 0 Å². The highest BCUT2D eigenvalue weighted by Gasteiger charge is 2.24. The Labute approximate surface area is 92.4 Å². The SMILES string of the molecule is C[C@@H]1C[C@@H](C)C[NH+](CCCS(=O)(=O)[O-])C1. The lowest BCUT2D eigenvalue weighted by Crippen LogP contribution is -3.14. The molecule has 15 heavy (non-hydrogen) atoms. The summed E-state index contributed by atoms with van der Waals surface area (Å²) in [6.07, 6.45) is 1.77. The summed E-state index contributed by atoms with van der Waals surface area (Å²) >= 11 is 0. The van der Waals surface area contributed by atoms with Crippen LogP contribution in [0.4, 0.5) is 0 Å². The summed E-state index contributed by atoms with van der Waals surface area (Å²) in [4.78, 5) is 1.45. The summed E-state index contributed by atoms with van der Waals surface area (Å²) in [5.74, 6) is 1.22. The molecule has 0 amide bonds. The zero-order valence-electron chi connectivity index (χ0n) is 9.53. The van der Waals surface area contributed by atoms with Crippen LogP contribution in [0, 0.1) is 11.8 Å². The van der Waals surface area contributed by atoms with Gasteiger partial charge in [0.2, 0.25) is 0 Å². The summed E-state index contributed by atoms with van der Waals surface area (Å²) in [6, 6.07) is 0. The molecule has 0 unspecified atom stereocenters. The highest BCUT2D eigenvalue weighted by atomic mass is 32.2. The number of hydrogen-bond donors (Lipinski definition) is 1. The number of rotatable bonds is 4. The van der Waals surface area contributed by atoms with Crippen molar-refractivity contribution in [3.8, 4) is 0 Å². The van der Waals surface area contributed by atoms with Crippen LogP contribution in [-0.4, -0.2) is 38.4 Å². The van der Waals surface area contributed by atoms with Crippen molar-refractivity contribution in [2.24, 2.45) is 11.8 Å². The van der Waals surface area contributed by atoms with Crippen molar-refractivity contribution < 1.29 is 17.9 Å². The summed E-state index contributed by atoms with van der Waals surface area (Å²) in [5, 5.41) is 0. The number of piperidine rings is 1. The number of likely N-dealkylation sites (tertiary alicyclic amines) is 1. The second-order valence-electron chi connectivity index (χ2n) is 4.97. The number of nitrogens with one attached hydrogen (secondary N) is 1. The van der Waals surface area contributed by atoms with E-state index in [1.54, 1.807) is 0 Å². The third-order valence-electron chi connectivity index (χ3n) is 3.00. The van der Waals surface area contributed by atoms with Gasteiger partial charge in [0, 0.05) is 24.0 Å². The average Bonchev–Trinajstić information content (AvgIpc) is 1.99. The molecule has 1 saturated heterocycles. The van der Waals surface area contributed by atoms with E-state index in [0.717, 1.165) is 19.6 Å². The van der Waals surface area contributed by atoms with Crippen molar-refractivity contribution in [1.29, 1.82) is 0 Å². The van der Waals surface area contributed by atoms with Gasteiger partial charge in [0.25, 0.3) is 0 Å².